The number of benzene rings is 3. The van der Waals surface area contributed by atoms with E-state index in [1.54, 1.807) is 0 Å². The molecule has 3 aromatic carbocycles. The Labute approximate surface area is 241 Å². The Morgan fingerprint density at radius 1 is 0.756 bits per heavy atom. The summed E-state index contributed by atoms with van der Waals surface area (Å²) < 4.78 is 9.27. The Balaban J connectivity index is 1.41. The second-order valence-corrected chi connectivity index (χ2v) is 11.5. The molecule has 3 heteroatoms. The van der Waals surface area contributed by atoms with E-state index in [-0.39, 0.29) is 18.1 Å². The molecule has 1 saturated heterocycles. The van der Waals surface area contributed by atoms with Gasteiger partial charge in [0.15, 0.2) is 0 Å². The molecule has 5 atom stereocenters. The molecule has 8 rings (SSSR count). The van der Waals surface area contributed by atoms with E-state index in [4.69, 9.17) is 9.72 Å². The van der Waals surface area contributed by atoms with Crippen molar-refractivity contribution in [1.82, 2.24) is 9.55 Å². The van der Waals surface area contributed by atoms with E-state index in [0.29, 0.717) is 11.8 Å². The molecule has 1 aromatic heterocycles. The van der Waals surface area contributed by atoms with Gasteiger partial charge in [-0.3, -0.25) is 4.57 Å². The lowest BCUT2D eigenvalue weighted by Gasteiger charge is -2.27. The highest BCUT2D eigenvalue weighted by Crippen LogP contribution is 2.47. The van der Waals surface area contributed by atoms with Crippen LogP contribution in [-0.2, 0) is 4.74 Å². The van der Waals surface area contributed by atoms with Crippen molar-refractivity contribution in [3.8, 4) is 27.9 Å². The van der Waals surface area contributed by atoms with Gasteiger partial charge < -0.3 is 4.74 Å². The number of rotatable bonds is 4. The summed E-state index contributed by atoms with van der Waals surface area (Å²) in [5.74, 6) is 1.95. The number of imidazole rings is 1. The lowest BCUT2D eigenvalue weighted by atomic mass is 9.80. The zero-order valence-corrected chi connectivity index (χ0v) is 23.1. The molecule has 0 radical (unpaired) electrons. The lowest BCUT2D eigenvalue weighted by molar-refractivity contribution is 0.0937. The number of allylic oxidation sites excluding steroid dienone is 5. The summed E-state index contributed by atoms with van der Waals surface area (Å²) in [4.78, 5) is 5.41. The Morgan fingerprint density at radius 2 is 1.44 bits per heavy atom. The predicted octanol–water partition coefficient (Wildman–Crippen LogP) is 8.81. The molecule has 1 aliphatic heterocycles. The Morgan fingerprint density at radius 3 is 2.17 bits per heavy atom. The normalized spacial score (nSPS) is 25.5. The van der Waals surface area contributed by atoms with Gasteiger partial charge in [-0.2, -0.15) is 0 Å². The first-order valence-electron chi connectivity index (χ1n) is 14.7. The summed E-state index contributed by atoms with van der Waals surface area (Å²) in [5.41, 5.74) is 9.45. The molecule has 4 aliphatic rings. The van der Waals surface area contributed by atoms with Crippen LogP contribution in [-0.4, -0.2) is 21.8 Å². The molecular formula is C38H32N2O. The minimum absolute atomic E-state index is 0.0478. The Kier molecular flexibility index (Phi) is 5.86. The van der Waals surface area contributed by atoms with Gasteiger partial charge in [-0.15, -0.1) is 0 Å². The molecule has 0 amide bonds. The minimum Gasteiger partial charge on any atom is -0.365 e. The van der Waals surface area contributed by atoms with Crippen molar-refractivity contribution in [2.75, 3.05) is 0 Å². The molecule has 4 aromatic rings. The van der Waals surface area contributed by atoms with Gasteiger partial charge in [-0.1, -0.05) is 134 Å². The molecule has 0 bridgehead atoms. The summed E-state index contributed by atoms with van der Waals surface area (Å²) in [7, 11) is 0. The monoisotopic (exact) mass is 532 g/mol. The Bertz CT molecular complexity index is 1710. The van der Waals surface area contributed by atoms with Gasteiger partial charge in [-0.05, 0) is 23.6 Å². The quantitative estimate of drug-likeness (QED) is 0.263. The topological polar surface area (TPSA) is 27.1 Å². The molecule has 0 N–H and O–H groups in total. The lowest BCUT2D eigenvalue weighted by Crippen LogP contribution is -2.24. The molecule has 0 spiro atoms. The highest BCUT2D eigenvalue weighted by Gasteiger charge is 2.45. The van der Waals surface area contributed by atoms with E-state index < -0.39 is 0 Å². The third-order valence-electron chi connectivity index (χ3n) is 9.00. The van der Waals surface area contributed by atoms with Gasteiger partial charge in [0.05, 0.1) is 29.3 Å². The van der Waals surface area contributed by atoms with E-state index in [9.17, 15) is 0 Å². The average molecular weight is 533 g/mol. The standard InChI is InChI=1S/C38H32N2O/c1-25-13-10-23-33-35(25)40(38(39-33)32-22-12-21-31-30-18-8-9-24-34(30)41-37(31)32)36-28(26-14-4-2-5-15-26)19-11-20-29(36)27-16-6-3-7-17-27/h2-12,14-25,30-31,34,37H,13H2,1H3. The maximum absolute atomic E-state index is 6.79. The van der Waals surface area contributed by atoms with Crippen LogP contribution in [0, 0.1) is 11.8 Å². The number of para-hydroxylation sites is 1. The second kappa shape index (κ2) is 9.87. The zero-order valence-electron chi connectivity index (χ0n) is 23.1. The van der Waals surface area contributed by atoms with Crippen molar-refractivity contribution in [2.45, 2.75) is 31.5 Å². The number of hydrogen-bond acceptors (Lipinski definition) is 2. The van der Waals surface area contributed by atoms with Gasteiger partial charge >= 0.3 is 0 Å². The van der Waals surface area contributed by atoms with Crippen molar-refractivity contribution in [2.24, 2.45) is 11.8 Å². The highest BCUT2D eigenvalue weighted by atomic mass is 16.5. The van der Waals surface area contributed by atoms with Crippen molar-refractivity contribution >= 4 is 11.6 Å². The molecule has 2 heterocycles. The summed E-state index contributed by atoms with van der Waals surface area (Å²) >= 11 is 0. The first-order chi connectivity index (χ1) is 20.3. The number of ether oxygens (including phenoxy) is 1. The summed E-state index contributed by atoms with van der Waals surface area (Å²) in [6.07, 6.45) is 21.1. The number of hydrogen-bond donors (Lipinski definition) is 0. The summed E-state index contributed by atoms with van der Waals surface area (Å²) in [6, 6.07) is 28.2. The highest BCUT2D eigenvalue weighted by molar-refractivity contribution is 5.87. The van der Waals surface area contributed by atoms with E-state index >= 15 is 0 Å². The zero-order chi connectivity index (χ0) is 27.3. The van der Waals surface area contributed by atoms with Gasteiger partial charge in [0.25, 0.3) is 0 Å². The van der Waals surface area contributed by atoms with Crippen LogP contribution < -0.4 is 0 Å². The van der Waals surface area contributed by atoms with Gasteiger partial charge in [-0.25, -0.2) is 4.98 Å². The van der Waals surface area contributed by atoms with E-state index in [1.165, 1.54) is 33.6 Å². The molecule has 5 unspecified atom stereocenters. The second-order valence-electron chi connectivity index (χ2n) is 11.5. The molecule has 1 fully saturated rings. The van der Waals surface area contributed by atoms with Crippen LogP contribution in [0.25, 0.3) is 39.6 Å². The summed E-state index contributed by atoms with van der Waals surface area (Å²) in [6.45, 7) is 2.33. The van der Waals surface area contributed by atoms with Crippen molar-refractivity contribution in [1.29, 1.82) is 0 Å². The van der Waals surface area contributed by atoms with Crippen LogP contribution in [0.3, 0.4) is 0 Å². The Hall–Kier alpha value is -4.47. The van der Waals surface area contributed by atoms with Crippen LogP contribution in [0.1, 0.15) is 36.5 Å². The third kappa shape index (κ3) is 3.95. The first-order valence-corrected chi connectivity index (χ1v) is 14.7. The van der Waals surface area contributed by atoms with Crippen LogP contribution in [0.15, 0.2) is 127 Å². The van der Waals surface area contributed by atoms with E-state index in [0.717, 1.165) is 23.5 Å². The van der Waals surface area contributed by atoms with Crippen LogP contribution in [0.5, 0.6) is 0 Å². The molecule has 200 valence electrons. The molecule has 0 saturated carbocycles. The molecule has 3 aliphatic carbocycles. The van der Waals surface area contributed by atoms with Crippen LogP contribution >= 0.6 is 0 Å². The fourth-order valence-corrected chi connectivity index (χ4v) is 7.09. The maximum atomic E-state index is 6.79. The van der Waals surface area contributed by atoms with Crippen molar-refractivity contribution < 1.29 is 4.74 Å². The molecule has 3 nitrogen and oxygen atoms in total. The predicted molar refractivity (Wildman–Crippen MR) is 168 cm³/mol. The largest absolute Gasteiger partial charge is 0.365 e. The van der Waals surface area contributed by atoms with Crippen molar-refractivity contribution in [3.05, 3.63) is 145 Å². The van der Waals surface area contributed by atoms with Gasteiger partial charge in [0, 0.05) is 34.5 Å². The fraction of sp³-hybridized carbons (Fsp3) is 0.184. The van der Waals surface area contributed by atoms with E-state index in [2.05, 4.69) is 145 Å². The maximum Gasteiger partial charge on any atom is 0.144 e. The van der Waals surface area contributed by atoms with E-state index in [1.807, 2.05) is 0 Å². The SMILES string of the molecule is CC1CC=Cc2nc(C3=CC=CC4C3OC3C=CC=CC34)n(-c3c(-c4ccccc4)cccc3-c3ccccc3)c21. The molecule has 41 heavy (non-hydrogen) atoms. The molecular weight excluding hydrogens is 500 g/mol. The first kappa shape index (κ1) is 24.3. The number of nitrogens with zero attached hydrogens (tertiary/aromatic N) is 2. The third-order valence-corrected chi connectivity index (χ3v) is 9.00. The average Bonchev–Trinajstić information content (AvgIpc) is 3.61. The minimum atomic E-state index is -0.0478. The van der Waals surface area contributed by atoms with Crippen LogP contribution in [0.2, 0.25) is 0 Å². The fourth-order valence-electron chi connectivity index (χ4n) is 7.09. The van der Waals surface area contributed by atoms with Gasteiger partial charge in [0.1, 0.15) is 5.82 Å². The van der Waals surface area contributed by atoms with Gasteiger partial charge in [0.2, 0.25) is 0 Å². The number of fused-ring (bicyclic) bond motifs is 4. The smallest absolute Gasteiger partial charge is 0.144 e. The summed E-state index contributed by atoms with van der Waals surface area (Å²) in [5, 5.41) is 0. The van der Waals surface area contributed by atoms with Crippen LogP contribution in [0.4, 0.5) is 0 Å². The van der Waals surface area contributed by atoms with Crippen molar-refractivity contribution in [3.63, 3.8) is 0 Å². The number of aromatic nitrogens is 2.